The molecule has 0 amide bonds. The first-order chi connectivity index (χ1) is 7.20. The summed E-state index contributed by atoms with van der Waals surface area (Å²) in [5.41, 5.74) is 1.22. The average Bonchev–Trinajstić information content (AvgIpc) is 2.61. The van der Waals surface area contributed by atoms with Crippen LogP contribution in [0.1, 0.15) is 17.4 Å². The van der Waals surface area contributed by atoms with Gasteiger partial charge < -0.3 is 9.57 Å². The van der Waals surface area contributed by atoms with Crippen molar-refractivity contribution in [3.63, 3.8) is 0 Å². The second-order valence-corrected chi connectivity index (χ2v) is 3.69. The minimum absolute atomic E-state index is 0.229. The van der Waals surface area contributed by atoms with Crippen molar-refractivity contribution >= 4 is 23.0 Å². The summed E-state index contributed by atoms with van der Waals surface area (Å²) in [6.07, 6.45) is 0. The van der Waals surface area contributed by atoms with E-state index < -0.39 is 5.97 Å². The fraction of sp³-hybridized carbons (Fsp3) is 0.400. The van der Waals surface area contributed by atoms with Crippen LogP contribution in [-0.2, 0) is 14.4 Å². The van der Waals surface area contributed by atoms with Crippen LogP contribution in [0.5, 0.6) is 0 Å². The molecule has 4 nitrogen and oxygen atoms in total. The maximum atomic E-state index is 11.6. The minimum atomic E-state index is -0.454. The van der Waals surface area contributed by atoms with E-state index in [0.29, 0.717) is 6.61 Å². The van der Waals surface area contributed by atoms with E-state index in [1.165, 1.54) is 18.4 Å². The Hall–Kier alpha value is -1.36. The topological polar surface area (TPSA) is 47.9 Å². The van der Waals surface area contributed by atoms with E-state index in [0.717, 1.165) is 10.4 Å². The smallest absolute Gasteiger partial charge is 0.361 e. The van der Waals surface area contributed by atoms with Crippen LogP contribution < -0.4 is 0 Å². The lowest BCUT2D eigenvalue weighted by Crippen LogP contribution is -2.18. The van der Waals surface area contributed by atoms with Gasteiger partial charge in [0.25, 0.3) is 0 Å². The third-order valence-corrected chi connectivity index (χ3v) is 2.75. The number of carbonyl (C=O) groups is 1. The summed E-state index contributed by atoms with van der Waals surface area (Å²) in [5, 5.41) is 5.60. The van der Waals surface area contributed by atoms with Gasteiger partial charge in [0.2, 0.25) is 5.71 Å². The van der Waals surface area contributed by atoms with Crippen LogP contribution in [0.15, 0.2) is 16.6 Å². The Morgan fingerprint density at radius 2 is 2.33 bits per heavy atom. The molecular formula is C10H13NO3S. The van der Waals surface area contributed by atoms with Crippen LogP contribution in [0.25, 0.3) is 0 Å². The normalized spacial score (nSPS) is 11.3. The van der Waals surface area contributed by atoms with Crippen molar-refractivity contribution in [1.82, 2.24) is 0 Å². The van der Waals surface area contributed by atoms with Gasteiger partial charge in [-0.25, -0.2) is 4.79 Å². The Labute approximate surface area is 92.5 Å². The fourth-order valence-electron chi connectivity index (χ4n) is 1.08. The van der Waals surface area contributed by atoms with Crippen molar-refractivity contribution in [2.24, 2.45) is 5.16 Å². The molecule has 1 aromatic heterocycles. The van der Waals surface area contributed by atoms with Crippen molar-refractivity contribution in [1.29, 1.82) is 0 Å². The highest BCUT2D eigenvalue weighted by Crippen LogP contribution is 2.17. The SMILES string of the molecule is CCOC(=O)/C(=N\OC)c1sccc1C. The first-order valence-electron chi connectivity index (χ1n) is 4.53. The molecule has 0 saturated carbocycles. The molecule has 0 N–H and O–H groups in total. The number of esters is 1. The van der Waals surface area contributed by atoms with E-state index in [9.17, 15) is 4.79 Å². The maximum Gasteiger partial charge on any atom is 0.361 e. The number of thiophene rings is 1. The van der Waals surface area contributed by atoms with E-state index in [1.54, 1.807) is 6.92 Å². The molecule has 15 heavy (non-hydrogen) atoms. The zero-order chi connectivity index (χ0) is 11.3. The zero-order valence-electron chi connectivity index (χ0n) is 8.94. The van der Waals surface area contributed by atoms with E-state index >= 15 is 0 Å². The van der Waals surface area contributed by atoms with Gasteiger partial charge in [0.1, 0.15) is 7.11 Å². The van der Waals surface area contributed by atoms with E-state index in [2.05, 4.69) is 9.99 Å². The first-order valence-corrected chi connectivity index (χ1v) is 5.41. The molecule has 0 unspecified atom stereocenters. The molecule has 0 atom stereocenters. The van der Waals surface area contributed by atoms with Crippen LogP contribution in [0, 0.1) is 6.92 Å². The van der Waals surface area contributed by atoms with Crippen molar-refractivity contribution in [3.05, 3.63) is 21.9 Å². The van der Waals surface area contributed by atoms with Gasteiger partial charge in [0, 0.05) is 0 Å². The second kappa shape index (κ2) is 5.50. The van der Waals surface area contributed by atoms with Gasteiger partial charge in [-0.3, -0.25) is 0 Å². The quantitative estimate of drug-likeness (QED) is 0.449. The summed E-state index contributed by atoms with van der Waals surface area (Å²) in [6.45, 7) is 3.99. The summed E-state index contributed by atoms with van der Waals surface area (Å²) in [5.74, 6) is -0.454. The molecule has 0 aliphatic carbocycles. The number of hydrogen-bond donors (Lipinski definition) is 0. The zero-order valence-corrected chi connectivity index (χ0v) is 9.76. The Morgan fingerprint density at radius 1 is 1.60 bits per heavy atom. The van der Waals surface area contributed by atoms with E-state index in [1.807, 2.05) is 18.4 Å². The number of ether oxygens (including phenoxy) is 1. The molecule has 1 heterocycles. The number of nitrogens with zero attached hydrogens (tertiary/aromatic N) is 1. The van der Waals surface area contributed by atoms with Crippen molar-refractivity contribution in [3.8, 4) is 0 Å². The van der Waals surface area contributed by atoms with Gasteiger partial charge in [0.05, 0.1) is 11.5 Å². The van der Waals surface area contributed by atoms with Gasteiger partial charge in [-0.1, -0.05) is 5.16 Å². The first kappa shape index (κ1) is 11.7. The standard InChI is InChI=1S/C10H13NO3S/c1-4-14-10(12)8(11-13-3)9-7(2)5-6-15-9/h5-6H,4H2,1-3H3/b11-8-. The molecule has 0 radical (unpaired) electrons. The maximum absolute atomic E-state index is 11.6. The number of hydrogen-bond acceptors (Lipinski definition) is 5. The highest BCUT2D eigenvalue weighted by Gasteiger charge is 2.19. The molecule has 0 aliphatic rings. The van der Waals surface area contributed by atoms with Crippen LogP contribution in [0.4, 0.5) is 0 Å². The number of aryl methyl sites for hydroxylation is 1. The Balaban J connectivity index is 2.99. The predicted octanol–water partition coefficient (Wildman–Crippen LogP) is 1.97. The second-order valence-electron chi connectivity index (χ2n) is 2.78. The van der Waals surface area contributed by atoms with Crippen LogP contribution >= 0.6 is 11.3 Å². The summed E-state index contributed by atoms with van der Waals surface area (Å²) in [4.78, 5) is 17.0. The molecule has 1 aromatic rings. The number of oxime groups is 1. The average molecular weight is 227 g/mol. The van der Waals surface area contributed by atoms with Crippen LogP contribution in [-0.4, -0.2) is 25.4 Å². The highest BCUT2D eigenvalue weighted by molar-refractivity contribution is 7.13. The van der Waals surface area contributed by atoms with Gasteiger partial charge in [-0.05, 0) is 30.9 Å². The third-order valence-electron chi connectivity index (χ3n) is 1.73. The molecule has 0 saturated heterocycles. The summed E-state index contributed by atoms with van der Waals surface area (Å²) >= 11 is 1.44. The Morgan fingerprint density at radius 3 is 2.80 bits per heavy atom. The molecule has 0 fully saturated rings. The predicted molar refractivity (Wildman–Crippen MR) is 59.2 cm³/mol. The monoisotopic (exact) mass is 227 g/mol. The third kappa shape index (κ3) is 2.79. The molecule has 1 rings (SSSR count). The van der Waals surface area contributed by atoms with Crippen molar-refractivity contribution in [2.75, 3.05) is 13.7 Å². The van der Waals surface area contributed by atoms with Crippen molar-refractivity contribution in [2.45, 2.75) is 13.8 Å². The molecule has 0 spiro atoms. The van der Waals surface area contributed by atoms with E-state index in [-0.39, 0.29) is 5.71 Å². The lowest BCUT2D eigenvalue weighted by atomic mass is 10.2. The van der Waals surface area contributed by atoms with Gasteiger partial charge in [0.15, 0.2) is 0 Å². The van der Waals surface area contributed by atoms with E-state index in [4.69, 9.17) is 4.74 Å². The summed E-state index contributed by atoms with van der Waals surface area (Å²) < 4.78 is 4.89. The molecule has 0 aromatic carbocycles. The lowest BCUT2D eigenvalue weighted by molar-refractivity contribution is -0.135. The van der Waals surface area contributed by atoms with Gasteiger partial charge >= 0.3 is 5.97 Å². The molecule has 0 aliphatic heterocycles. The Bertz CT molecular complexity index is 370. The number of carbonyl (C=O) groups excluding carboxylic acids is 1. The van der Waals surface area contributed by atoms with Crippen LogP contribution in [0.2, 0.25) is 0 Å². The lowest BCUT2D eigenvalue weighted by Gasteiger charge is -2.03. The molecular weight excluding hydrogens is 214 g/mol. The molecule has 82 valence electrons. The van der Waals surface area contributed by atoms with Crippen LogP contribution in [0.3, 0.4) is 0 Å². The molecule has 5 heteroatoms. The fourth-order valence-corrected chi connectivity index (χ4v) is 1.97. The Kier molecular flexibility index (Phi) is 4.30. The largest absolute Gasteiger partial charge is 0.461 e. The van der Waals surface area contributed by atoms with Crippen molar-refractivity contribution < 1.29 is 14.4 Å². The summed E-state index contributed by atoms with van der Waals surface area (Å²) in [6, 6.07) is 1.92. The van der Waals surface area contributed by atoms with Gasteiger partial charge in [-0.2, -0.15) is 0 Å². The van der Waals surface area contributed by atoms with Gasteiger partial charge in [-0.15, -0.1) is 11.3 Å². The highest BCUT2D eigenvalue weighted by atomic mass is 32.1. The minimum Gasteiger partial charge on any atom is -0.461 e. The molecule has 0 bridgehead atoms. The number of rotatable bonds is 4. The summed E-state index contributed by atoms with van der Waals surface area (Å²) in [7, 11) is 1.40.